The minimum absolute atomic E-state index is 0.0128. The molecule has 0 saturated heterocycles. The largest absolute Gasteiger partial charge is 0.352 e. The number of amides is 3. The van der Waals surface area contributed by atoms with Crippen molar-refractivity contribution in [3.8, 4) is 0 Å². The van der Waals surface area contributed by atoms with Gasteiger partial charge in [0, 0.05) is 26.3 Å². The molecule has 7 nitrogen and oxygen atoms in total. The summed E-state index contributed by atoms with van der Waals surface area (Å²) in [7, 11) is 3.46. The normalized spacial score (nSPS) is 24.0. The first kappa shape index (κ1) is 16.5. The second-order valence-electron chi connectivity index (χ2n) is 6.70. The summed E-state index contributed by atoms with van der Waals surface area (Å²) in [6, 6.07) is 3.57. The molecule has 2 aliphatic rings. The van der Waals surface area contributed by atoms with E-state index >= 15 is 0 Å². The van der Waals surface area contributed by atoms with Crippen LogP contribution >= 0.6 is 0 Å². The Morgan fingerprint density at radius 1 is 1.29 bits per heavy atom. The predicted molar refractivity (Wildman–Crippen MR) is 92.7 cm³/mol. The fraction of sp³-hybridized carbons (Fsp3) is 0.588. The summed E-state index contributed by atoms with van der Waals surface area (Å²) in [6.45, 7) is 2.19. The van der Waals surface area contributed by atoms with Gasteiger partial charge in [0.1, 0.15) is 6.54 Å². The number of nitrogens with zero attached hydrogens (tertiary/aromatic N) is 4. The molecule has 0 aromatic carbocycles. The van der Waals surface area contributed by atoms with Gasteiger partial charge in [-0.2, -0.15) is 0 Å². The lowest BCUT2D eigenvalue weighted by atomic mass is 9.86. The Hall–Kier alpha value is -2.31. The SMILES string of the molecule is C[C@@H]1CCCC[C@@H]1NC(=O)CN1C(=O)N(C)N(C)c2ncccc21. The van der Waals surface area contributed by atoms with Gasteiger partial charge in [0.2, 0.25) is 5.91 Å². The number of carbonyl (C=O) groups excluding carboxylic acids is 2. The maximum atomic E-state index is 12.6. The number of carbonyl (C=O) groups is 2. The molecule has 1 aromatic heterocycles. The van der Waals surface area contributed by atoms with Crippen LogP contribution in [-0.4, -0.2) is 48.6 Å². The van der Waals surface area contributed by atoms with Crippen LogP contribution in [-0.2, 0) is 4.79 Å². The van der Waals surface area contributed by atoms with Gasteiger partial charge in [-0.25, -0.2) is 14.8 Å². The van der Waals surface area contributed by atoms with Crippen LogP contribution in [0.1, 0.15) is 32.6 Å². The average molecular weight is 331 g/mol. The molecule has 1 N–H and O–H groups in total. The quantitative estimate of drug-likeness (QED) is 0.920. The van der Waals surface area contributed by atoms with Crippen LogP contribution in [0.5, 0.6) is 0 Å². The summed E-state index contributed by atoms with van der Waals surface area (Å²) in [6.07, 6.45) is 6.23. The Balaban J connectivity index is 1.75. The van der Waals surface area contributed by atoms with Crippen molar-refractivity contribution < 1.29 is 9.59 Å². The van der Waals surface area contributed by atoms with Gasteiger partial charge in [0.15, 0.2) is 5.82 Å². The van der Waals surface area contributed by atoms with E-state index in [-0.39, 0.29) is 24.5 Å². The Bertz CT molecular complexity index is 635. The van der Waals surface area contributed by atoms with Crippen molar-refractivity contribution in [2.75, 3.05) is 30.5 Å². The van der Waals surface area contributed by atoms with Crippen molar-refractivity contribution >= 4 is 23.4 Å². The first-order valence-electron chi connectivity index (χ1n) is 8.52. The van der Waals surface area contributed by atoms with E-state index in [4.69, 9.17) is 0 Å². The lowest BCUT2D eigenvalue weighted by Crippen LogP contribution is -2.56. The lowest BCUT2D eigenvalue weighted by molar-refractivity contribution is -0.121. The number of hydrogen-bond acceptors (Lipinski definition) is 4. The Morgan fingerprint density at radius 3 is 2.79 bits per heavy atom. The highest BCUT2D eigenvalue weighted by Crippen LogP contribution is 2.32. The molecular formula is C17H25N5O2. The summed E-state index contributed by atoms with van der Waals surface area (Å²) in [5.41, 5.74) is 0.662. The molecule has 1 fully saturated rings. The molecule has 2 heterocycles. The predicted octanol–water partition coefficient (Wildman–Crippen LogP) is 2.00. The Morgan fingerprint density at radius 2 is 2.04 bits per heavy atom. The lowest BCUT2D eigenvalue weighted by Gasteiger charge is -2.40. The van der Waals surface area contributed by atoms with E-state index in [9.17, 15) is 9.59 Å². The number of nitrogens with one attached hydrogen (secondary N) is 1. The van der Waals surface area contributed by atoms with Gasteiger partial charge in [-0.15, -0.1) is 0 Å². The summed E-state index contributed by atoms with van der Waals surface area (Å²) < 4.78 is 0. The third kappa shape index (κ3) is 3.02. The maximum absolute atomic E-state index is 12.6. The number of urea groups is 1. The monoisotopic (exact) mass is 331 g/mol. The van der Waals surface area contributed by atoms with Crippen LogP contribution in [0, 0.1) is 5.92 Å². The number of hydrogen-bond donors (Lipinski definition) is 1. The minimum Gasteiger partial charge on any atom is -0.352 e. The molecular weight excluding hydrogens is 306 g/mol. The van der Waals surface area contributed by atoms with E-state index in [0.717, 1.165) is 19.3 Å². The maximum Gasteiger partial charge on any atom is 0.343 e. The van der Waals surface area contributed by atoms with Crippen LogP contribution in [0.3, 0.4) is 0 Å². The number of aromatic nitrogens is 1. The molecule has 0 radical (unpaired) electrons. The van der Waals surface area contributed by atoms with Gasteiger partial charge < -0.3 is 5.32 Å². The fourth-order valence-electron chi connectivity index (χ4n) is 3.48. The van der Waals surface area contributed by atoms with Crippen molar-refractivity contribution in [1.29, 1.82) is 0 Å². The van der Waals surface area contributed by atoms with E-state index in [0.29, 0.717) is 17.4 Å². The van der Waals surface area contributed by atoms with Crippen LogP contribution in [0.15, 0.2) is 18.3 Å². The molecule has 0 bridgehead atoms. The number of pyridine rings is 1. The molecule has 130 valence electrons. The van der Waals surface area contributed by atoms with Crippen molar-refractivity contribution in [3.05, 3.63) is 18.3 Å². The average Bonchev–Trinajstić information content (AvgIpc) is 2.59. The zero-order chi connectivity index (χ0) is 17.3. The van der Waals surface area contributed by atoms with Gasteiger partial charge in [-0.1, -0.05) is 19.8 Å². The molecule has 0 unspecified atom stereocenters. The zero-order valence-electron chi connectivity index (χ0n) is 14.5. The van der Waals surface area contributed by atoms with Gasteiger partial charge in [-0.3, -0.25) is 14.7 Å². The van der Waals surface area contributed by atoms with Gasteiger partial charge >= 0.3 is 6.03 Å². The number of fused-ring (bicyclic) bond motifs is 1. The summed E-state index contributed by atoms with van der Waals surface area (Å²) in [5, 5.41) is 6.26. The van der Waals surface area contributed by atoms with Crippen molar-refractivity contribution in [2.45, 2.75) is 38.6 Å². The van der Waals surface area contributed by atoms with Gasteiger partial charge in [0.05, 0.1) is 5.69 Å². The van der Waals surface area contributed by atoms with Gasteiger partial charge in [0.25, 0.3) is 0 Å². The molecule has 7 heteroatoms. The molecule has 2 atom stereocenters. The fourth-order valence-corrected chi connectivity index (χ4v) is 3.48. The van der Waals surface area contributed by atoms with E-state index in [1.165, 1.54) is 16.3 Å². The molecule has 1 aliphatic carbocycles. The highest BCUT2D eigenvalue weighted by molar-refractivity contribution is 6.02. The van der Waals surface area contributed by atoms with E-state index in [1.807, 2.05) is 6.07 Å². The summed E-state index contributed by atoms with van der Waals surface area (Å²) in [5.74, 6) is 1.04. The molecule has 3 amide bonds. The van der Waals surface area contributed by atoms with Crippen LogP contribution < -0.4 is 15.2 Å². The molecule has 24 heavy (non-hydrogen) atoms. The molecule has 1 saturated carbocycles. The smallest absolute Gasteiger partial charge is 0.343 e. The van der Waals surface area contributed by atoms with Gasteiger partial charge in [-0.05, 0) is 30.9 Å². The van der Waals surface area contributed by atoms with Crippen LogP contribution in [0.25, 0.3) is 0 Å². The minimum atomic E-state index is -0.232. The van der Waals surface area contributed by atoms with Crippen LogP contribution in [0.4, 0.5) is 16.3 Å². The standard InChI is InChI=1S/C17H25N5O2/c1-12-7-4-5-8-13(12)19-15(23)11-22-14-9-6-10-18-16(14)20(2)21(3)17(22)24/h6,9-10,12-13H,4-5,7-8,11H2,1-3H3,(H,19,23)/t12-,13+/m1/s1. The number of hydrazine groups is 1. The first-order chi connectivity index (χ1) is 11.5. The number of anilines is 2. The zero-order valence-corrected chi connectivity index (χ0v) is 14.5. The third-order valence-corrected chi connectivity index (χ3v) is 5.08. The summed E-state index contributed by atoms with van der Waals surface area (Å²) in [4.78, 5) is 30.9. The van der Waals surface area contributed by atoms with E-state index < -0.39 is 0 Å². The highest BCUT2D eigenvalue weighted by atomic mass is 16.2. The second kappa shape index (κ2) is 6.67. The Labute approximate surface area is 142 Å². The van der Waals surface area contributed by atoms with E-state index in [1.54, 1.807) is 31.4 Å². The topological polar surface area (TPSA) is 68.8 Å². The molecule has 1 aliphatic heterocycles. The highest BCUT2D eigenvalue weighted by Gasteiger charge is 2.34. The van der Waals surface area contributed by atoms with E-state index in [2.05, 4.69) is 17.2 Å². The Kier molecular flexibility index (Phi) is 4.59. The molecule has 3 rings (SSSR count). The number of rotatable bonds is 3. The molecule has 0 spiro atoms. The second-order valence-corrected chi connectivity index (χ2v) is 6.70. The van der Waals surface area contributed by atoms with Crippen LogP contribution in [0.2, 0.25) is 0 Å². The van der Waals surface area contributed by atoms with Crippen molar-refractivity contribution in [1.82, 2.24) is 15.3 Å². The van der Waals surface area contributed by atoms with Crippen molar-refractivity contribution in [3.63, 3.8) is 0 Å². The van der Waals surface area contributed by atoms with Crippen molar-refractivity contribution in [2.24, 2.45) is 5.92 Å². The molecule has 1 aromatic rings. The summed E-state index contributed by atoms with van der Waals surface area (Å²) >= 11 is 0. The first-order valence-corrected chi connectivity index (χ1v) is 8.52. The third-order valence-electron chi connectivity index (χ3n) is 5.08.